The fourth-order valence-corrected chi connectivity index (χ4v) is 1.35. The fraction of sp³-hybridized carbons (Fsp3) is 0.800. The van der Waals surface area contributed by atoms with Crippen LogP contribution in [0.5, 0.6) is 0 Å². The first-order valence-electron chi connectivity index (χ1n) is 3.11. The third-order valence-corrected chi connectivity index (χ3v) is 1.97. The first kappa shape index (κ1) is 11.3. The molecule has 0 aliphatic heterocycles. The van der Waals surface area contributed by atoms with Crippen molar-refractivity contribution in [2.45, 2.75) is 6.04 Å². The van der Waals surface area contributed by atoms with E-state index in [1.54, 1.807) is 0 Å². The van der Waals surface area contributed by atoms with Gasteiger partial charge < -0.3 is 10.1 Å². The largest absolute Gasteiger partial charge is 0.468 e. The van der Waals surface area contributed by atoms with Gasteiger partial charge in [-0.3, -0.25) is 9.35 Å². The molecule has 6 nitrogen and oxygen atoms in total. The van der Waals surface area contributed by atoms with Crippen molar-refractivity contribution in [3.8, 4) is 0 Å². The number of rotatable bonds is 4. The van der Waals surface area contributed by atoms with Crippen LogP contribution in [0.3, 0.4) is 0 Å². The van der Waals surface area contributed by atoms with Gasteiger partial charge in [0.1, 0.15) is 11.8 Å². The molecular formula is C5H11NO5S. The Kier molecular flexibility index (Phi) is 4.15. The first-order valence-corrected chi connectivity index (χ1v) is 4.72. The minimum atomic E-state index is -4.15. The molecule has 72 valence electrons. The number of carbonyl (C=O) groups is 1. The quantitative estimate of drug-likeness (QED) is 0.427. The standard InChI is InChI=1S/C5H11NO5S/c1-6-4(5(7)11-2)3-12(8,9)10/h4,6H,3H2,1-2H3,(H,8,9,10). The maximum atomic E-state index is 10.8. The van der Waals surface area contributed by atoms with Gasteiger partial charge >= 0.3 is 5.97 Å². The molecule has 1 unspecified atom stereocenters. The van der Waals surface area contributed by atoms with Crippen molar-refractivity contribution in [2.75, 3.05) is 19.9 Å². The predicted molar refractivity (Wildman–Crippen MR) is 41.3 cm³/mol. The number of esters is 1. The number of carbonyl (C=O) groups excluding carboxylic acids is 1. The lowest BCUT2D eigenvalue weighted by molar-refractivity contribution is -0.142. The maximum absolute atomic E-state index is 10.8. The highest BCUT2D eigenvalue weighted by Crippen LogP contribution is 1.92. The molecule has 0 amide bonds. The zero-order valence-corrected chi connectivity index (χ0v) is 7.59. The van der Waals surface area contributed by atoms with E-state index >= 15 is 0 Å². The van der Waals surface area contributed by atoms with Crippen LogP contribution in [0.4, 0.5) is 0 Å². The molecule has 0 radical (unpaired) electrons. The molecule has 0 heterocycles. The van der Waals surface area contributed by atoms with Gasteiger partial charge in [0.05, 0.1) is 7.11 Å². The Balaban J connectivity index is 4.29. The highest BCUT2D eigenvalue weighted by Gasteiger charge is 2.22. The molecule has 0 fully saturated rings. The fourth-order valence-electron chi connectivity index (χ4n) is 0.622. The summed E-state index contributed by atoms with van der Waals surface area (Å²) < 4.78 is 33.3. The van der Waals surface area contributed by atoms with E-state index in [0.29, 0.717) is 0 Å². The summed E-state index contributed by atoms with van der Waals surface area (Å²) in [5.74, 6) is -1.41. The molecule has 0 aliphatic rings. The molecule has 1 atom stereocenters. The van der Waals surface area contributed by atoms with E-state index in [9.17, 15) is 13.2 Å². The molecule has 2 N–H and O–H groups in total. The number of hydrogen-bond acceptors (Lipinski definition) is 5. The zero-order chi connectivity index (χ0) is 9.78. The maximum Gasteiger partial charge on any atom is 0.324 e. The molecule has 0 spiro atoms. The van der Waals surface area contributed by atoms with Gasteiger partial charge in [-0.05, 0) is 7.05 Å². The number of hydrogen-bond donors (Lipinski definition) is 2. The molecule has 0 rings (SSSR count). The highest BCUT2D eigenvalue weighted by atomic mass is 32.2. The molecule has 12 heavy (non-hydrogen) atoms. The summed E-state index contributed by atoms with van der Waals surface area (Å²) in [6.45, 7) is 0. The molecule has 0 aromatic rings. The summed E-state index contributed by atoms with van der Waals surface area (Å²) in [5, 5.41) is 2.40. The summed E-state index contributed by atoms with van der Waals surface area (Å²) in [6, 6.07) is -1.02. The van der Waals surface area contributed by atoms with E-state index in [2.05, 4.69) is 10.1 Å². The second-order valence-electron chi connectivity index (χ2n) is 2.11. The zero-order valence-electron chi connectivity index (χ0n) is 6.77. The van der Waals surface area contributed by atoms with Crippen molar-refractivity contribution >= 4 is 16.1 Å². The minimum Gasteiger partial charge on any atom is -0.468 e. The predicted octanol–water partition coefficient (Wildman–Crippen LogP) is -1.36. The monoisotopic (exact) mass is 197 g/mol. The summed E-state index contributed by atoms with van der Waals surface area (Å²) >= 11 is 0. The van der Waals surface area contributed by atoms with Crippen LogP contribution >= 0.6 is 0 Å². The number of nitrogens with one attached hydrogen (secondary N) is 1. The van der Waals surface area contributed by atoms with Crippen LogP contribution < -0.4 is 5.32 Å². The lowest BCUT2D eigenvalue weighted by Gasteiger charge is -2.10. The van der Waals surface area contributed by atoms with Gasteiger partial charge in [-0.15, -0.1) is 0 Å². The average molecular weight is 197 g/mol. The SMILES string of the molecule is CNC(CS(=O)(=O)O)C(=O)OC. The Morgan fingerprint density at radius 3 is 2.42 bits per heavy atom. The summed E-state index contributed by atoms with van der Waals surface area (Å²) in [6.07, 6.45) is 0. The second kappa shape index (κ2) is 4.39. The van der Waals surface area contributed by atoms with E-state index in [-0.39, 0.29) is 0 Å². The Hall–Kier alpha value is -0.660. The van der Waals surface area contributed by atoms with Gasteiger partial charge in [-0.25, -0.2) is 0 Å². The molecule has 0 aromatic carbocycles. The Bertz CT molecular complexity index is 247. The Morgan fingerprint density at radius 2 is 2.17 bits per heavy atom. The van der Waals surface area contributed by atoms with Crippen molar-refractivity contribution in [2.24, 2.45) is 0 Å². The van der Waals surface area contributed by atoms with Crippen LogP contribution in [0, 0.1) is 0 Å². The lowest BCUT2D eigenvalue weighted by atomic mass is 10.3. The van der Waals surface area contributed by atoms with Gasteiger partial charge in [0.25, 0.3) is 10.1 Å². The number of ether oxygens (including phenoxy) is 1. The van der Waals surface area contributed by atoms with Crippen molar-refractivity contribution < 1.29 is 22.5 Å². The third kappa shape index (κ3) is 4.27. The van der Waals surface area contributed by atoms with Gasteiger partial charge in [0.2, 0.25) is 0 Å². The lowest BCUT2D eigenvalue weighted by Crippen LogP contribution is -2.40. The van der Waals surface area contributed by atoms with E-state index < -0.39 is 27.9 Å². The van der Waals surface area contributed by atoms with Crippen molar-refractivity contribution in [1.82, 2.24) is 5.32 Å². The molecule has 0 aromatic heterocycles. The Morgan fingerprint density at radius 1 is 1.67 bits per heavy atom. The van der Waals surface area contributed by atoms with Gasteiger partial charge in [0.15, 0.2) is 0 Å². The van der Waals surface area contributed by atoms with E-state index in [1.165, 1.54) is 7.05 Å². The molecule has 0 bridgehead atoms. The van der Waals surface area contributed by atoms with Crippen molar-refractivity contribution in [3.63, 3.8) is 0 Å². The normalized spacial score (nSPS) is 13.9. The summed E-state index contributed by atoms with van der Waals surface area (Å²) in [5.41, 5.74) is 0. The van der Waals surface area contributed by atoms with Crippen LogP contribution in [-0.4, -0.2) is 44.9 Å². The molecule has 0 aliphatic carbocycles. The average Bonchev–Trinajstić information content (AvgIpc) is 1.97. The molecule has 0 saturated heterocycles. The minimum absolute atomic E-state index is 0.684. The third-order valence-electron chi connectivity index (χ3n) is 1.21. The van der Waals surface area contributed by atoms with Gasteiger partial charge in [0, 0.05) is 0 Å². The van der Waals surface area contributed by atoms with Crippen LogP contribution in [0.1, 0.15) is 0 Å². The van der Waals surface area contributed by atoms with E-state index in [4.69, 9.17) is 4.55 Å². The van der Waals surface area contributed by atoms with Crippen molar-refractivity contribution in [1.29, 1.82) is 0 Å². The Labute approximate surface area is 70.7 Å². The molecule has 0 saturated carbocycles. The van der Waals surface area contributed by atoms with Crippen molar-refractivity contribution in [3.05, 3.63) is 0 Å². The first-order chi connectivity index (χ1) is 5.40. The topological polar surface area (TPSA) is 92.7 Å². The second-order valence-corrected chi connectivity index (χ2v) is 3.61. The van der Waals surface area contributed by atoms with Gasteiger partial charge in [-0.2, -0.15) is 8.42 Å². The van der Waals surface area contributed by atoms with Crippen LogP contribution in [0.25, 0.3) is 0 Å². The smallest absolute Gasteiger partial charge is 0.324 e. The van der Waals surface area contributed by atoms with Crippen LogP contribution in [-0.2, 0) is 19.6 Å². The summed E-state index contributed by atoms with van der Waals surface area (Å²) in [4.78, 5) is 10.8. The van der Waals surface area contributed by atoms with Crippen LogP contribution in [0.15, 0.2) is 0 Å². The highest BCUT2D eigenvalue weighted by molar-refractivity contribution is 7.85. The van der Waals surface area contributed by atoms with E-state index in [1.807, 2.05) is 0 Å². The molecular weight excluding hydrogens is 186 g/mol. The molecule has 7 heteroatoms. The van der Waals surface area contributed by atoms with Gasteiger partial charge in [-0.1, -0.05) is 0 Å². The van der Waals surface area contributed by atoms with E-state index in [0.717, 1.165) is 7.11 Å². The number of likely N-dealkylation sites (N-methyl/N-ethyl adjacent to an activating group) is 1. The van der Waals surface area contributed by atoms with Crippen LogP contribution in [0.2, 0.25) is 0 Å². The summed E-state index contributed by atoms with van der Waals surface area (Å²) in [7, 11) is -1.62. The number of methoxy groups -OCH3 is 1.